The molecule has 31 heavy (non-hydrogen) atoms. The fraction of sp³-hybridized carbons (Fsp3) is 0.308. The van der Waals surface area contributed by atoms with E-state index < -0.39 is 0 Å². The van der Waals surface area contributed by atoms with Crippen LogP contribution in [-0.4, -0.2) is 28.6 Å². The van der Waals surface area contributed by atoms with Gasteiger partial charge in [-0.25, -0.2) is 0 Å². The van der Waals surface area contributed by atoms with Gasteiger partial charge in [0.25, 0.3) is 5.91 Å². The van der Waals surface area contributed by atoms with Crippen molar-refractivity contribution in [2.75, 3.05) is 6.79 Å². The molecule has 5 nitrogen and oxygen atoms in total. The zero-order valence-corrected chi connectivity index (χ0v) is 17.4. The van der Waals surface area contributed by atoms with Crippen LogP contribution in [0.5, 0.6) is 11.5 Å². The zero-order chi connectivity index (χ0) is 21.0. The quantitative estimate of drug-likeness (QED) is 0.577. The maximum atomic E-state index is 13.4. The lowest BCUT2D eigenvalue weighted by Gasteiger charge is -2.37. The van der Waals surface area contributed by atoms with E-state index in [1.54, 1.807) is 12.3 Å². The summed E-state index contributed by atoms with van der Waals surface area (Å²) in [7, 11) is 0. The molecular formula is C26H26N2O3. The minimum absolute atomic E-state index is 0.0126. The van der Waals surface area contributed by atoms with Crippen LogP contribution in [0, 0.1) is 0 Å². The SMILES string of the molecule is O=C(c1ccccn1)N(Cc1ccc2c(c1)OCO2)C1CCC(c2ccccc2)CC1. The van der Waals surface area contributed by atoms with Gasteiger partial charge in [0.2, 0.25) is 6.79 Å². The number of fused-ring (bicyclic) bond motifs is 1. The minimum Gasteiger partial charge on any atom is -0.454 e. The highest BCUT2D eigenvalue weighted by molar-refractivity contribution is 5.92. The van der Waals surface area contributed by atoms with Crippen molar-refractivity contribution in [3.05, 3.63) is 89.7 Å². The number of benzene rings is 2. The van der Waals surface area contributed by atoms with Gasteiger partial charge in [0.05, 0.1) is 0 Å². The number of nitrogens with zero attached hydrogens (tertiary/aromatic N) is 2. The van der Waals surface area contributed by atoms with Crippen molar-refractivity contribution in [3.8, 4) is 11.5 Å². The molecule has 0 saturated heterocycles. The smallest absolute Gasteiger partial charge is 0.272 e. The summed E-state index contributed by atoms with van der Waals surface area (Å²) in [6, 6.07) is 22.3. The summed E-state index contributed by atoms with van der Waals surface area (Å²) in [5.74, 6) is 2.06. The number of hydrogen-bond donors (Lipinski definition) is 0. The highest BCUT2D eigenvalue weighted by atomic mass is 16.7. The lowest BCUT2D eigenvalue weighted by atomic mass is 9.81. The number of aromatic nitrogens is 1. The number of pyridine rings is 1. The van der Waals surface area contributed by atoms with Crippen LogP contribution >= 0.6 is 0 Å². The second kappa shape index (κ2) is 8.80. The number of amides is 1. The van der Waals surface area contributed by atoms with E-state index in [0.717, 1.165) is 42.7 Å². The highest BCUT2D eigenvalue weighted by Crippen LogP contribution is 2.37. The summed E-state index contributed by atoms with van der Waals surface area (Å²) in [5.41, 5.74) is 2.94. The van der Waals surface area contributed by atoms with Crippen LogP contribution in [0.4, 0.5) is 0 Å². The first kappa shape index (κ1) is 19.6. The highest BCUT2D eigenvalue weighted by Gasteiger charge is 2.31. The molecule has 0 spiro atoms. The van der Waals surface area contributed by atoms with Crippen LogP contribution in [0.3, 0.4) is 0 Å². The molecule has 0 bridgehead atoms. The molecule has 1 aliphatic heterocycles. The van der Waals surface area contributed by atoms with E-state index in [9.17, 15) is 4.79 Å². The summed E-state index contributed by atoms with van der Waals surface area (Å²) in [6.45, 7) is 0.783. The Hall–Kier alpha value is -3.34. The Balaban J connectivity index is 1.36. The lowest BCUT2D eigenvalue weighted by Crippen LogP contribution is -2.42. The van der Waals surface area contributed by atoms with E-state index in [1.807, 2.05) is 35.2 Å². The van der Waals surface area contributed by atoms with E-state index in [-0.39, 0.29) is 18.7 Å². The average Bonchev–Trinajstić information content (AvgIpc) is 3.31. The van der Waals surface area contributed by atoms with Gasteiger partial charge >= 0.3 is 0 Å². The van der Waals surface area contributed by atoms with Gasteiger partial charge in [-0.1, -0.05) is 42.5 Å². The molecule has 2 heterocycles. The molecule has 2 aliphatic rings. The number of ether oxygens (including phenoxy) is 2. The molecular weight excluding hydrogens is 388 g/mol. The Morgan fingerprint density at radius 1 is 0.903 bits per heavy atom. The fourth-order valence-electron chi connectivity index (χ4n) is 4.69. The van der Waals surface area contributed by atoms with Gasteiger partial charge in [-0.15, -0.1) is 0 Å². The molecule has 1 amide bonds. The minimum atomic E-state index is -0.0126. The van der Waals surface area contributed by atoms with E-state index in [4.69, 9.17) is 9.47 Å². The third kappa shape index (κ3) is 4.26. The maximum Gasteiger partial charge on any atom is 0.272 e. The largest absolute Gasteiger partial charge is 0.454 e. The average molecular weight is 415 g/mol. The van der Waals surface area contributed by atoms with Crippen molar-refractivity contribution in [2.45, 2.75) is 44.2 Å². The molecule has 1 fully saturated rings. The van der Waals surface area contributed by atoms with Crippen molar-refractivity contribution in [3.63, 3.8) is 0 Å². The summed E-state index contributed by atoms with van der Waals surface area (Å²) in [4.78, 5) is 19.8. The molecule has 0 atom stereocenters. The number of hydrogen-bond acceptors (Lipinski definition) is 4. The second-order valence-corrected chi connectivity index (χ2v) is 8.25. The van der Waals surface area contributed by atoms with Crippen LogP contribution in [0.2, 0.25) is 0 Å². The van der Waals surface area contributed by atoms with Gasteiger partial charge in [-0.05, 0) is 67.0 Å². The molecule has 3 aromatic rings. The third-order valence-electron chi connectivity index (χ3n) is 6.34. The van der Waals surface area contributed by atoms with Gasteiger partial charge < -0.3 is 14.4 Å². The fourth-order valence-corrected chi connectivity index (χ4v) is 4.69. The molecule has 0 unspecified atom stereocenters. The van der Waals surface area contributed by atoms with E-state index in [0.29, 0.717) is 18.2 Å². The molecule has 0 N–H and O–H groups in total. The Kier molecular flexibility index (Phi) is 5.57. The van der Waals surface area contributed by atoms with Crippen molar-refractivity contribution in [2.24, 2.45) is 0 Å². The number of carbonyl (C=O) groups is 1. The predicted molar refractivity (Wildman–Crippen MR) is 118 cm³/mol. The van der Waals surface area contributed by atoms with Gasteiger partial charge in [-0.3, -0.25) is 9.78 Å². The molecule has 1 saturated carbocycles. The zero-order valence-electron chi connectivity index (χ0n) is 17.4. The van der Waals surface area contributed by atoms with E-state index in [2.05, 4.69) is 35.3 Å². The number of rotatable bonds is 5. The molecule has 5 rings (SSSR count). The second-order valence-electron chi connectivity index (χ2n) is 8.25. The van der Waals surface area contributed by atoms with E-state index in [1.165, 1.54) is 5.56 Å². The summed E-state index contributed by atoms with van der Waals surface area (Å²) < 4.78 is 11.0. The summed E-state index contributed by atoms with van der Waals surface area (Å²) in [6.07, 6.45) is 5.83. The number of carbonyl (C=O) groups excluding carboxylic acids is 1. The van der Waals surface area contributed by atoms with Crippen LogP contribution in [0.25, 0.3) is 0 Å². The van der Waals surface area contributed by atoms with Crippen LogP contribution in [0.15, 0.2) is 72.9 Å². The van der Waals surface area contributed by atoms with Crippen LogP contribution in [-0.2, 0) is 6.54 Å². The van der Waals surface area contributed by atoms with E-state index >= 15 is 0 Å². The van der Waals surface area contributed by atoms with Crippen molar-refractivity contribution >= 4 is 5.91 Å². The first-order valence-corrected chi connectivity index (χ1v) is 10.9. The normalized spacial score (nSPS) is 19.7. The van der Waals surface area contributed by atoms with Gasteiger partial charge in [-0.2, -0.15) is 0 Å². The maximum absolute atomic E-state index is 13.4. The Morgan fingerprint density at radius 3 is 2.45 bits per heavy atom. The lowest BCUT2D eigenvalue weighted by molar-refractivity contribution is 0.0599. The van der Waals surface area contributed by atoms with Gasteiger partial charge in [0.1, 0.15) is 5.69 Å². The molecule has 0 radical (unpaired) electrons. The standard InChI is InChI=1S/C26H26N2O3/c29-26(23-8-4-5-15-27-23)28(17-19-9-14-24-25(16-19)31-18-30-24)22-12-10-21(11-13-22)20-6-2-1-3-7-20/h1-9,14-16,21-22H,10-13,17-18H2. The summed E-state index contributed by atoms with van der Waals surface area (Å²) >= 11 is 0. The van der Waals surface area contributed by atoms with Gasteiger partial charge in [0, 0.05) is 18.8 Å². The topological polar surface area (TPSA) is 51.7 Å². The Morgan fingerprint density at radius 2 is 1.68 bits per heavy atom. The molecule has 5 heteroatoms. The van der Waals surface area contributed by atoms with Gasteiger partial charge in [0.15, 0.2) is 11.5 Å². The molecule has 158 valence electrons. The Bertz CT molecular complexity index is 1030. The summed E-state index contributed by atoms with van der Waals surface area (Å²) in [5, 5.41) is 0. The third-order valence-corrected chi connectivity index (χ3v) is 6.34. The van der Waals surface area contributed by atoms with Crippen LogP contribution < -0.4 is 9.47 Å². The molecule has 1 aromatic heterocycles. The predicted octanol–water partition coefficient (Wildman–Crippen LogP) is 5.18. The van der Waals surface area contributed by atoms with Crippen LogP contribution in [0.1, 0.15) is 53.2 Å². The van der Waals surface area contributed by atoms with Crippen molar-refractivity contribution in [1.29, 1.82) is 0 Å². The first-order chi connectivity index (χ1) is 15.3. The molecule has 2 aromatic carbocycles. The van der Waals surface area contributed by atoms with Crippen molar-refractivity contribution < 1.29 is 14.3 Å². The first-order valence-electron chi connectivity index (χ1n) is 10.9. The monoisotopic (exact) mass is 414 g/mol. The Labute approximate surface area is 182 Å². The van der Waals surface area contributed by atoms with Crippen molar-refractivity contribution in [1.82, 2.24) is 9.88 Å². The molecule has 1 aliphatic carbocycles.